The molecule has 7 amide bonds. The molecular formula is C30H42N8O10. The average Bonchev–Trinajstić information content (AvgIpc) is 3.42. The molecule has 2 aromatic rings. The molecular weight excluding hydrogens is 632 g/mol. The number of nitrogens with two attached hydrogens (primary N) is 1. The van der Waals surface area contributed by atoms with Crippen molar-refractivity contribution in [2.75, 3.05) is 6.54 Å². The number of fused-ring (bicyclic) bond motifs is 1. The summed E-state index contributed by atoms with van der Waals surface area (Å²) in [7, 11) is 0. The topological polar surface area (TPSA) is 291 Å². The van der Waals surface area contributed by atoms with Crippen LogP contribution >= 0.6 is 0 Å². The summed E-state index contributed by atoms with van der Waals surface area (Å²) >= 11 is 0. The molecule has 1 aromatic heterocycles. The van der Waals surface area contributed by atoms with Crippen LogP contribution in [0.15, 0.2) is 30.5 Å². The van der Waals surface area contributed by atoms with Crippen LogP contribution in [-0.2, 0) is 44.8 Å². The molecule has 0 radical (unpaired) electrons. The first-order valence-electron chi connectivity index (χ1n) is 15.0. The fourth-order valence-corrected chi connectivity index (χ4v) is 4.48. The third kappa shape index (κ3) is 12.0. The summed E-state index contributed by atoms with van der Waals surface area (Å²) in [6, 6.07) is 0.922. The molecule has 1 heterocycles. The van der Waals surface area contributed by atoms with Gasteiger partial charge in [-0.15, -0.1) is 0 Å². The van der Waals surface area contributed by atoms with Gasteiger partial charge in [0.1, 0.15) is 30.2 Å². The van der Waals surface area contributed by atoms with Crippen molar-refractivity contribution < 1.29 is 48.6 Å². The minimum absolute atomic E-state index is 0.0329. The second kappa shape index (κ2) is 18.0. The molecule has 0 aliphatic heterocycles. The van der Waals surface area contributed by atoms with E-state index >= 15 is 0 Å². The van der Waals surface area contributed by atoms with E-state index in [1.54, 1.807) is 12.3 Å². The molecule has 0 unspecified atom stereocenters. The number of aliphatic carboxylic acids is 1. The van der Waals surface area contributed by atoms with E-state index in [2.05, 4.69) is 36.9 Å². The molecule has 1 aromatic carbocycles. The van der Waals surface area contributed by atoms with E-state index in [9.17, 15) is 43.5 Å². The first kappa shape index (κ1) is 38.7. The van der Waals surface area contributed by atoms with Crippen LogP contribution in [0, 0.1) is 0 Å². The number of aliphatic hydroxyl groups excluding tert-OH is 1. The molecule has 0 fully saturated rings. The van der Waals surface area contributed by atoms with E-state index in [0.29, 0.717) is 5.56 Å². The van der Waals surface area contributed by atoms with Gasteiger partial charge < -0.3 is 52.8 Å². The SMILES string of the molecule is CC(=O)N[C@@H](CCC(=O)O)C(=O)N[C@H](C(=O)NCC(=O)N[C@@H](Cc1c[nH]c2ccccc12)C(=O)N[C@@H](C)C(=O)N[C@@H](C)C(N)=O)[C@@H](C)O. The maximum Gasteiger partial charge on any atom is 0.303 e. The van der Waals surface area contributed by atoms with Crippen molar-refractivity contribution in [1.29, 1.82) is 0 Å². The van der Waals surface area contributed by atoms with Gasteiger partial charge in [-0.1, -0.05) is 18.2 Å². The van der Waals surface area contributed by atoms with Crippen molar-refractivity contribution in [2.45, 2.75) is 83.3 Å². The van der Waals surface area contributed by atoms with Crippen LogP contribution in [0.25, 0.3) is 10.9 Å². The Balaban J connectivity index is 2.15. The molecule has 0 bridgehead atoms. The van der Waals surface area contributed by atoms with Gasteiger partial charge in [0.25, 0.3) is 0 Å². The molecule has 0 saturated carbocycles. The van der Waals surface area contributed by atoms with Gasteiger partial charge in [0.2, 0.25) is 41.4 Å². The number of primary amides is 1. The molecule has 6 atom stereocenters. The summed E-state index contributed by atoms with van der Waals surface area (Å²) in [5, 5.41) is 34.1. The van der Waals surface area contributed by atoms with Gasteiger partial charge in [0, 0.05) is 36.9 Å². The number of para-hydroxylation sites is 1. The molecule has 18 nitrogen and oxygen atoms in total. The van der Waals surface area contributed by atoms with Crippen molar-refractivity contribution in [1.82, 2.24) is 36.9 Å². The highest BCUT2D eigenvalue weighted by atomic mass is 16.4. The number of carboxylic acids is 1. The van der Waals surface area contributed by atoms with Crippen molar-refractivity contribution in [2.24, 2.45) is 5.73 Å². The number of amides is 7. The zero-order chi connectivity index (χ0) is 36.1. The lowest BCUT2D eigenvalue weighted by atomic mass is 10.0. The number of carbonyl (C=O) groups excluding carboxylic acids is 7. The molecule has 262 valence electrons. The van der Waals surface area contributed by atoms with Gasteiger partial charge in [0.05, 0.1) is 12.6 Å². The van der Waals surface area contributed by atoms with E-state index in [1.165, 1.54) is 20.8 Å². The third-order valence-electron chi connectivity index (χ3n) is 7.11. The number of aromatic nitrogens is 1. The van der Waals surface area contributed by atoms with Crippen LogP contribution in [0.2, 0.25) is 0 Å². The monoisotopic (exact) mass is 674 g/mol. The van der Waals surface area contributed by atoms with Crippen LogP contribution in [-0.4, -0.2) is 105 Å². The Labute approximate surface area is 275 Å². The quantitative estimate of drug-likeness (QED) is 0.0766. The number of hydrogen-bond acceptors (Lipinski definition) is 9. The Hall–Kier alpha value is -5.52. The lowest BCUT2D eigenvalue weighted by molar-refractivity contribution is -0.138. The molecule has 0 saturated heterocycles. The predicted octanol–water partition coefficient (Wildman–Crippen LogP) is -2.96. The van der Waals surface area contributed by atoms with Crippen molar-refractivity contribution in [3.63, 3.8) is 0 Å². The number of rotatable bonds is 18. The number of benzene rings is 1. The highest BCUT2D eigenvalue weighted by Crippen LogP contribution is 2.19. The van der Waals surface area contributed by atoms with Crippen LogP contribution in [0.5, 0.6) is 0 Å². The lowest BCUT2D eigenvalue weighted by Crippen LogP contribution is -2.58. The molecule has 11 N–H and O–H groups in total. The Kier molecular flexibility index (Phi) is 14.5. The largest absolute Gasteiger partial charge is 0.481 e. The normalized spacial score (nSPS) is 14.6. The van der Waals surface area contributed by atoms with Crippen LogP contribution in [0.4, 0.5) is 0 Å². The van der Waals surface area contributed by atoms with Gasteiger partial charge in [-0.2, -0.15) is 0 Å². The fraction of sp³-hybridized carbons (Fsp3) is 0.467. The van der Waals surface area contributed by atoms with E-state index in [4.69, 9.17) is 10.8 Å². The summed E-state index contributed by atoms with van der Waals surface area (Å²) in [6.07, 6.45) is -0.603. The molecule has 0 aliphatic rings. The highest BCUT2D eigenvalue weighted by molar-refractivity contribution is 5.96. The van der Waals surface area contributed by atoms with E-state index in [1.807, 2.05) is 18.2 Å². The standard InChI is InChI=1S/C30H42N8O10/c1-14(26(31)44)34-27(45)15(2)35-29(47)22(11-18-12-32-20-8-6-5-7-19(18)20)37-23(41)13-33-30(48)25(16(3)39)38-28(46)21(36-17(4)40)9-10-24(42)43/h5-8,12,14-16,21-22,25,32,39H,9-11,13H2,1-4H3,(H2,31,44)(H,33,48)(H,34,45)(H,35,47)(H,36,40)(H,37,41)(H,38,46)(H,42,43)/t14-,15-,16+,21-,22-,25-/m0/s1. The summed E-state index contributed by atoms with van der Waals surface area (Å²) in [5.74, 6) is -6.84. The number of hydrogen-bond donors (Lipinski definition) is 10. The van der Waals surface area contributed by atoms with Crippen LogP contribution in [0.1, 0.15) is 46.1 Å². The number of aromatic amines is 1. The van der Waals surface area contributed by atoms with Crippen molar-refractivity contribution in [3.8, 4) is 0 Å². The fourth-order valence-electron chi connectivity index (χ4n) is 4.48. The predicted molar refractivity (Wildman–Crippen MR) is 169 cm³/mol. The minimum atomic E-state index is -1.60. The first-order valence-corrected chi connectivity index (χ1v) is 15.0. The number of aliphatic hydroxyl groups is 1. The Bertz CT molecular complexity index is 1520. The maximum absolute atomic E-state index is 13.3. The molecule has 0 spiro atoms. The second-order valence-corrected chi connectivity index (χ2v) is 11.2. The van der Waals surface area contributed by atoms with Crippen molar-refractivity contribution in [3.05, 3.63) is 36.0 Å². The number of carbonyl (C=O) groups is 8. The molecule has 0 aliphatic carbocycles. The number of nitrogens with one attached hydrogen (secondary N) is 7. The van der Waals surface area contributed by atoms with E-state index in [-0.39, 0.29) is 12.8 Å². The Morgan fingerprint density at radius 1 is 0.812 bits per heavy atom. The minimum Gasteiger partial charge on any atom is -0.481 e. The van der Waals surface area contributed by atoms with Crippen LogP contribution < -0.4 is 37.6 Å². The summed E-state index contributed by atoms with van der Waals surface area (Å²) in [4.78, 5) is 101. The van der Waals surface area contributed by atoms with Gasteiger partial charge in [-0.25, -0.2) is 0 Å². The zero-order valence-corrected chi connectivity index (χ0v) is 26.9. The smallest absolute Gasteiger partial charge is 0.303 e. The van der Waals surface area contributed by atoms with Gasteiger partial charge in [0.15, 0.2) is 0 Å². The van der Waals surface area contributed by atoms with Gasteiger partial charge in [-0.05, 0) is 38.8 Å². The Morgan fingerprint density at radius 3 is 2.04 bits per heavy atom. The molecule has 48 heavy (non-hydrogen) atoms. The maximum atomic E-state index is 13.3. The van der Waals surface area contributed by atoms with Gasteiger partial charge in [-0.3, -0.25) is 38.4 Å². The second-order valence-electron chi connectivity index (χ2n) is 11.2. The summed E-state index contributed by atoms with van der Waals surface area (Å²) < 4.78 is 0. The van der Waals surface area contributed by atoms with E-state index < -0.39 is 96.6 Å². The molecule has 2 rings (SSSR count). The molecule has 18 heteroatoms. The summed E-state index contributed by atoms with van der Waals surface area (Å²) in [5.41, 5.74) is 6.61. The Morgan fingerprint density at radius 2 is 1.44 bits per heavy atom. The third-order valence-corrected chi connectivity index (χ3v) is 7.11. The number of carboxylic acid groups (broad SMARTS) is 1. The van der Waals surface area contributed by atoms with E-state index in [0.717, 1.165) is 17.8 Å². The summed E-state index contributed by atoms with van der Waals surface area (Å²) in [6.45, 7) is 4.35. The first-order chi connectivity index (χ1) is 22.5. The highest BCUT2D eigenvalue weighted by Gasteiger charge is 2.31. The zero-order valence-electron chi connectivity index (χ0n) is 26.9. The number of H-pyrrole nitrogens is 1. The van der Waals surface area contributed by atoms with Gasteiger partial charge >= 0.3 is 5.97 Å². The van der Waals surface area contributed by atoms with Crippen LogP contribution in [0.3, 0.4) is 0 Å². The lowest BCUT2D eigenvalue weighted by Gasteiger charge is -2.25. The average molecular weight is 675 g/mol. The van der Waals surface area contributed by atoms with Crippen molar-refractivity contribution >= 4 is 58.2 Å².